The summed E-state index contributed by atoms with van der Waals surface area (Å²) in [6, 6.07) is 16.6. The Morgan fingerprint density at radius 2 is 1.95 bits per heavy atom. The van der Waals surface area contributed by atoms with Crippen molar-refractivity contribution in [1.82, 2.24) is 9.55 Å². The average molecular weight is 265 g/mol. The van der Waals surface area contributed by atoms with Crippen LogP contribution in [0.4, 0.5) is 11.6 Å². The van der Waals surface area contributed by atoms with Gasteiger partial charge in [-0.25, -0.2) is 4.98 Å². The van der Waals surface area contributed by atoms with E-state index in [2.05, 4.69) is 66.2 Å². The van der Waals surface area contributed by atoms with Gasteiger partial charge in [0.1, 0.15) is 0 Å². The molecule has 3 rings (SSSR count). The number of fused-ring (bicyclic) bond motifs is 1. The van der Waals surface area contributed by atoms with Gasteiger partial charge >= 0.3 is 0 Å². The topological polar surface area (TPSA) is 29.9 Å². The molecule has 3 nitrogen and oxygen atoms in total. The van der Waals surface area contributed by atoms with E-state index in [0.29, 0.717) is 0 Å². The Kier molecular flexibility index (Phi) is 3.42. The van der Waals surface area contributed by atoms with E-state index in [9.17, 15) is 0 Å². The molecule has 0 fully saturated rings. The van der Waals surface area contributed by atoms with E-state index in [0.717, 1.165) is 30.1 Å². The van der Waals surface area contributed by atoms with E-state index in [1.165, 1.54) is 11.1 Å². The van der Waals surface area contributed by atoms with E-state index in [-0.39, 0.29) is 0 Å². The van der Waals surface area contributed by atoms with Crippen LogP contribution in [0.1, 0.15) is 18.9 Å². The lowest BCUT2D eigenvalue weighted by molar-refractivity contribution is 0.705. The number of para-hydroxylation sites is 2. The van der Waals surface area contributed by atoms with Gasteiger partial charge in [-0.15, -0.1) is 0 Å². The molecule has 102 valence electrons. The van der Waals surface area contributed by atoms with Crippen LogP contribution < -0.4 is 5.32 Å². The van der Waals surface area contributed by atoms with Crippen LogP contribution >= 0.6 is 0 Å². The lowest BCUT2D eigenvalue weighted by Crippen LogP contribution is -2.03. The van der Waals surface area contributed by atoms with Crippen molar-refractivity contribution in [2.75, 3.05) is 5.32 Å². The molecule has 0 saturated heterocycles. The fourth-order valence-corrected chi connectivity index (χ4v) is 2.47. The Morgan fingerprint density at radius 3 is 2.75 bits per heavy atom. The highest BCUT2D eigenvalue weighted by atomic mass is 15.2. The maximum Gasteiger partial charge on any atom is 0.208 e. The van der Waals surface area contributed by atoms with Crippen LogP contribution in [0.3, 0.4) is 0 Å². The molecule has 20 heavy (non-hydrogen) atoms. The minimum atomic E-state index is 0.915. The quantitative estimate of drug-likeness (QED) is 0.752. The molecule has 3 heteroatoms. The Hall–Kier alpha value is -2.29. The van der Waals surface area contributed by atoms with E-state index in [4.69, 9.17) is 4.98 Å². The number of aromatic nitrogens is 2. The highest BCUT2D eigenvalue weighted by molar-refractivity contribution is 5.79. The third-order valence-corrected chi connectivity index (χ3v) is 3.38. The highest BCUT2D eigenvalue weighted by Crippen LogP contribution is 2.23. The summed E-state index contributed by atoms with van der Waals surface area (Å²) in [6.07, 6.45) is 1.09. The molecule has 0 aliphatic rings. The summed E-state index contributed by atoms with van der Waals surface area (Å²) >= 11 is 0. The molecule has 0 aliphatic heterocycles. The summed E-state index contributed by atoms with van der Waals surface area (Å²) in [6.45, 7) is 5.25. The average Bonchev–Trinajstić information content (AvgIpc) is 2.77. The van der Waals surface area contributed by atoms with Gasteiger partial charge in [-0.2, -0.15) is 0 Å². The molecule has 0 spiro atoms. The molecule has 0 atom stereocenters. The van der Waals surface area contributed by atoms with Crippen LogP contribution in [0.25, 0.3) is 11.0 Å². The normalized spacial score (nSPS) is 10.9. The van der Waals surface area contributed by atoms with Crippen molar-refractivity contribution in [3.8, 4) is 0 Å². The number of hydrogen-bond acceptors (Lipinski definition) is 2. The zero-order chi connectivity index (χ0) is 13.9. The molecule has 2 aromatic carbocycles. The number of hydrogen-bond donors (Lipinski definition) is 1. The predicted octanol–water partition coefficient (Wildman–Crippen LogP) is 4.50. The van der Waals surface area contributed by atoms with E-state index in [1.54, 1.807) is 0 Å². The first-order valence-electron chi connectivity index (χ1n) is 7.07. The molecular formula is C17H19N3. The summed E-state index contributed by atoms with van der Waals surface area (Å²) in [4.78, 5) is 4.71. The van der Waals surface area contributed by atoms with Crippen molar-refractivity contribution in [3.05, 3.63) is 54.1 Å². The second-order valence-corrected chi connectivity index (χ2v) is 5.07. The van der Waals surface area contributed by atoms with Crippen LogP contribution in [-0.4, -0.2) is 9.55 Å². The summed E-state index contributed by atoms with van der Waals surface area (Å²) in [7, 11) is 0. The van der Waals surface area contributed by atoms with Gasteiger partial charge in [0.05, 0.1) is 11.0 Å². The van der Waals surface area contributed by atoms with Crippen LogP contribution in [0, 0.1) is 6.92 Å². The molecule has 0 aliphatic carbocycles. The third kappa shape index (κ3) is 2.39. The standard InChI is InChI=1S/C17H19N3/c1-3-11-20-16-10-5-4-9-15(16)19-17(20)18-14-8-6-7-13(2)12-14/h4-10,12H,3,11H2,1-2H3,(H,18,19). The minimum absolute atomic E-state index is 0.915. The van der Waals surface area contributed by atoms with Gasteiger partial charge in [0, 0.05) is 12.2 Å². The Labute approximate surface area is 119 Å². The van der Waals surface area contributed by atoms with Gasteiger partial charge in [-0.1, -0.05) is 31.2 Å². The maximum atomic E-state index is 4.71. The zero-order valence-electron chi connectivity index (χ0n) is 11.9. The third-order valence-electron chi connectivity index (χ3n) is 3.38. The van der Waals surface area contributed by atoms with Crippen molar-refractivity contribution >= 4 is 22.7 Å². The number of imidazole rings is 1. The molecule has 0 amide bonds. The monoisotopic (exact) mass is 265 g/mol. The Balaban J connectivity index is 2.04. The SMILES string of the molecule is CCCn1c(Nc2cccc(C)c2)nc2ccccc21. The van der Waals surface area contributed by atoms with Gasteiger partial charge in [-0.3, -0.25) is 0 Å². The summed E-state index contributed by atoms with van der Waals surface area (Å²) in [5.74, 6) is 0.915. The highest BCUT2D eigenvalue weighted by Gasteiger charge is 2.09. The number of anilines is 2. The van der Waals surface area contributed by atoms with Crippen molar-refractivity contribution in [3.63, 3.8) is 0 Å². The van der Waals surface area contributed by atoms with Crippen LogP contribution in [0.15, 0.2) is 48.5 Å². The molecular weight excluding hydrogens is 246 g/mol. The lowest BCUT2D eigenvalue weighted by atomic mass is 10.2. The number of rotatable bonds is 4. The molecule has 0 radical (unpaired) electrons. The summed E-state index contributed by atoms with van der Waals surface area (Å²) in [5.41, 5.74) is 4.55. The molecule has 1 heterocycles. The first-order valence-corrected chi connectivity index (χ1v) is 7.07. The Morgan fingerprint density at radius 1 is 1.10 bits per heavy atom. The molecule has 1 N–H and O–H groups in total. The van der Waals surface area contributed by atoms with E-state index in [1.807, 2.05) is 6.07 Å². The second-order valence-electron chi connectivity index (χ2n) is 5.07. The fourth-order valence-electron chi connectivity index (χ4n) is 2.47. The van der Waals surface area contributed by atoms with Crippen molar-refractivity contribution in [2.24, 2.45) is 0 Å². The summed E-state index contributed by atoms with van der Waals surface area (Å²) in [5, 5.41) is 3.44. The molecule has 0 unspecified atom stereocenters. The number of nitrogens with zero attached hydrogens (tertiary/aromatic N) is 2. The smallest absolute Gasteiger partial charge is 0.208 e. The number of nitrogens with one attached hydrogen (secondary N) is 1. The molecule has 0 saturated carbocycles. The molecule has 0 bridgehead atoms. The van der Waals surface area contributed by atoms with Gasteiger partial charge in [0.2, 0.25) is 5.95 Å². The summed E-state index contributed by atoms with van der Waals surface area (Å²) < 4.78 is 2.25. The van der Waals surface area contributed by atoms with Gasteiger partial charge in [-0.05, 0) is 43.2 Å². The van der Waals surface area contributed by atoms with Crippen LogP contribution in [-0.2, 0) is 6.54 Å². The van der Waals surface area contributed by atoms with E-state index >= 15 is 0 Å². The zero-order valence-corrected chi connectivity index (χ0v) is 11.9. The number of aryl methyl sites for hydroxylation is 2. The van der Waals surface area contributed by atoms with Crippen LogP contribution in [0.2, 0.25) is 0 Å². The first-order chi connectivity index (χ1) is 9.78. The van der Waals surface area contributed by atoms with E-state index < -0.39 is 0 Å². The van der Waals surface area contributed by atoms with Crippen molar-refractivity contribution in [1.29, 1.82) is 0 Å². The predicted molar refractivity (Wildman–Crippen MR) is 84.5 cm³/mol. The second kappa shape index (κ2) is 5.37. The van der Waals surface area contributed by atoms with Gasteiger partial charge < -0.3 is 9.88 Å². The minimum Gasteiger partial charge on any atom is -0.326 e. The molecule has 3 aromatic rings. The van der Waals surface area contributed by atoms with Crippen molar-refractivity contribution < 1.29 is 0 Å². The van der Waals surface area contributed by atoms with Crippen LogP contribution in [0.5, 0.6) is 0 Å². The van der Waals surface area contributed by atoms with Gasteiger partial charge in [0.15, 0.2) is 0 Å². The number of benzene rings is 2. The maximum absolute atomic E-state index is 4.71. The Bertz CT molecular complexity index is 728. The first kappa shape index (κ1) is 12.7. The largest absolute Gasteiger partial charge is 0.326 e. The van der Waals surface area contributed by atoms with Crippen molar-refractivity contribution in [2.45, 2.75) is 26.8 Å². The fraction of sp³-hybridized carbons (Fsp3) is 0.235. The lowest BCUT2D eigenvalue weighted by Gasteiger charge is -2.10. The van der Waals surface area contributed by atoms with Gasteiger partial charge in [0.25, 0.3) is 0 Å². The molecule has 1 aromatic heterocycles.